The third-order valence-electron chi connectivity index (χ3n) is 2.94. The normalized spacial score (nSPS) is 15.1. The van der Waals surface area contributed by atoms with Gasteiger partial charge in [-0.2, -0.15) is 0 Å². The molecule has 2 rings (SSSR count). The lowest BCUT2D eigenvalue weighted by molar-refractivity contribution is 0.246. The standard InChI is InChI=1S/C13H18N4O2/c14-12(16-19)8-9-17(11-4-2-1-3-5-11)13(18)15-10-6-7-10/h1-5,10,19H,6-9H2,(H2,14,16)(H,15,18). The van der Waals surface area contributed by atoms with E-state index >= 15 is 0 Å². The first-order valence-electron chi connectivity index (χ1n) is 6.30. The van der Waals surface area contributed by atoms with E-state index in [0.717, 1.165) is 18.5 Å². The van der Waals surface area contributed by atoms with Gasteiger partial charge in [0.05, 0.1) is 0 Å². The Balaban J connectivity index is 2.05. The number of hydrogen-bond acceptors (Lipinski definition) is 3. The van der Waals surface area contributed by atoms with Crippen LogP contribution >= 0.6 is 0 Å². The van der Waals surface area contributed by atoms with Gasteiger partial charge < -0.3 is 16.3 Å². The van der Waals surface area contributed by atoms with Crippen molar-refractivity contribution in [2.75, 3.05) is 11.4 Å². The first-order chi connectivity index (χ1) is 9.20. The van der Waals surface area contributed by atoms with Gasteiger partial charge in [-0.3, -0.25) is 4.90 Å². The molecule has 1 aliphatic rings. The Labute approximate surface area is 111 Å². The molecule has 0 heterocycles. The molecule has 6 nitrogen and oxygen atoms in total. The van der Waals surface area contributed by atoms with Gasteiger partial charge in [-0.05, 0) is 25.0 Å². The maximum Gasteiger partial charge on any atom is 0.322 e. The van der Waals surface area contributed by atoms with Gasteiger partial charge in [-0.15, -0.1) is 0 Å². The summed E-state index contributed by atoms with van der Waals surface area (Å²) >= 11 is 0. The topological polar surface area (TPSA) is 91.0 Å². The van der Waals surface area contributed by atoms with E-state index in [-0.39, 0.29) is 11.9 Å². The van der Waals surface area contributed by atoms with E-state index in [1.54, 1.807) is 4.90 Å². The lowest BCUT2D eigenvalue weighted by Gasteiger charge is -2.23. The van der Waals surface area contributed by atoms with Gasteiger partial charge in [-0.25, -0.2) is 4.79 Å². The smallest absolute Gasteiger partial charge is 0.322 e. The largest absolute Gasteiger partial charge is 0.409 e. The minimum absolute atomic E-state index is 0.111. The second-order valence-electron chi connectivity index (χ2n) is 4.55. The minimum atomic E-state index is -0.139. The van der Waals surface area contributed by atoms with Crippen LogP contribution < -0.4 is 16.0 Å². The molecule has 0 aliphatic heterocycles. The van der Waals surface area contributed by atoms with Crippen LogP contribution in [0.3, 0.4) is 0 Å². The Morgan fingerprint density at radius 2 is 2.11 bits per heavy atom. The average Bonchev–Trinajstić information content (AvgIpc) is 3.23. The number of nitrogens with one attached hydrogen (secondary N) is 1. The van der Waals surface area contributed by atoms with Gasteiger partial charge in [0.25, 0.3) is 0 Å². The number of carbonyl (C=O) groups is 1. The third kappa shape index (κ3) is 3.87. The van der Waals surface area contributed by atoms with Gasteiger partial charge >= 0.3 is 6.03 Å². The molecule has 4 N–H and O–H groups in total. The van der Waals surface area contributed by atoms with E-state index in [1.807, 2.05) is 30.3 Å². The summed E-state index contributed by atoms with van der Waals surface area (Å²) in [6, 6.07) is 9.51. The summed E-state index contributed by atoms with van der Waals surface area (Å²) in [5.41, 5.74) is 6.25. The first-order valence-corrected chi connectivity index (χ1v) is 6.30. The van der Waals surface area contributed by atoms with Crippen molar-refractivity contribution in [2.45, 2.75) is 25.3 Å². The Bertz CT molecular complexity index is 457. The number of amides is 2. The van der Waals surface area contributed by atoms with E-state index < -0.39 is 0 Å². The first kappa shape index (κ1) is 13.2. The lowest BCUT2D eigenvalue weighted by Crippen LogP contribution is -2.42. The summed E-state index contributed by atoms with van der Waals surface area (Å²) in [6.07, 6.45) is 2.40. The maximum absolute atomic E-state index is 12.2. The molecule has 1 saturated carbocycles. The highest BCUT2D eigenvalue weighted by molar-refractivity contribution is 5.93. The van der Waals surface area contributed by atoms with Crippen LogP contribution in [0.1, 0.15) is 19.3 Å². The minimum Gasteiger partial charge on any atom is -0.409 e. The zero-order valence-electron chi connectivity index (χ0n) is 10.6. The number of nitrogens with two attached hydrogens (primary N) is 1. The highest BCUT2D eigenvalue weighted by atomic mass is 16.4. The summed E-state index contributed by atoms with van der Waals surface area (Å²) in [7, 11) is 0. The van der Waals surface area contributed by atoms with E-state index in [1.165, 1.54) is 0 Å². The maximum atomic E-state index is 12.2. The fourth-order valence-electron chi connectivity index (χ4n) is 1.71. The molecule has 19 heavy (non-hydrogen) atoms. The van der Waals surface area contributed by atoms with Crippen LogP contribution in [0.5, 0.6) is 0 Å². The van der Waals surface area contributed by atoms with Gasteiger partial charge in [0.2, 0.25) is 0 Å². The number of benzene rings is 1. The van der Waals surface area contributed by atoms with Crippen molar-refractivity contribution >= 4 is 17.6 Å². The van der Waals surface area contributed by atoms with Crippen molar-refractivity contribution in [3.63, 3.8) is 0 Å². The Morgan fingerprint density at radius 3 is 2.68 bits per heavy atom. The Kier molecular flexibility index (Phi) is 4.22. The number of nitrogens with zero attached hydrogens (tertiary/aromatic N) is 2. The van der Waals surface area contributed by atoms with Crippen LogP contribution in [0.15, 0.2) is 35.5 Å². The van der Waals surface area contributed by atoms with Crippen LogP contribution in [0.4, 0.5) is 10.5 Å². The molecule has 1 aromatic rings. The summed E-state index contributed by atoms with van der Waals surface area (Å²) in [5, 5.41) is 14.4. The quantitative estimate of drug-likeness (QED) is 0.325. The van der Waals surface area contributed by atoms with Gasteiger partial charge in [-0.1, -0.05) is 23.4 Å². The molecule has 1 fully saturated rings. The number of anilines is 1. The molecule has 1 aliphatic carbocycles. The summed E-state index contributed by atoms with van der Waals surface area (Å²) < 4.78 is 0. The predicted octanol–water partition coefficient (Wildman–Crippen LogP) is 1.50. The second-order valence-corrected chi connectivity index (χ2v) is 4.55. The number of carbonyl (C=O) groups excluding carboxylic acids is 1. The zero-order chi connectivity index (χ0) is 13.7. The van der Waals surface area contributed by atoms with Crippen molar-refractivity contribution in [2.24, 2.45) is 10.9 Å². The van der Waals surface area contributed by atoms with E-state index in [0.29, 0.717) is 19.0 Å². The number of hydrogen-bond donors (Lipinski definition) is 3. The van der Waals surface area contributed by atoms with Gasteiger partial charge in [0, 0.05) is 24.7 Å². The number of oxime groups is 1. The average molecular weight is 262 g/mol. The highest BCUT2D eigenvalue weighted by Gasteiger charge is 2.26. The monoisotopic (exact) mass is 262 g/mol. The molecule has 0 radical (unpaired) electrons. The summed E-state index contributed by atoms with van der Waals surface area (Å²) in [5.74, 6) is 0.111. The molecule has 2 amide bonds. The SMILES string of the molecule is NC(CCN(C(=O)NC1CC1)c1ccccc1)=NO. The molecular weight excluding hydrogens is 244 g/mol. The number of amidine groups is 1. The molecule has 0 unspecified atom stereocenters. The van der Waals surface area contributed by atoms with E-state index in [2.05, 4.69) is 10.5 Å². The molecule has 6 heteroatoms. The van der Waals surface area contributed by atoms with E-state index in [9.17, 15) is 4.79 Å². The fraction of sp³-hybridized carbons (Fsp3) is 0.385. The molecular formula is C13H18N4O2. The summed E-state index contributed by atoms with van der Waals surface area (Å²) in [4.78, 5) is 13.8. The van der Waals surface area contributed by atoms with Crippen LogP contribution in [-0.2, 0) is 0 Å². The van der Waals surface area contributed by atoms with Crippen molar-refractivity contribution in [3.8, 4) is 0 Å². The van der Waals surface area contributed by atoms with Gasteiger partial charge in [0.1, 0.15) is 5.84 Å². The lowest BCUT2D eigenvalue weighted by atomic mass is 10.2. The van der Waals surface area contributed by atoms with Crippen molar-refractivity contribution in [1.29, 1.82) is 0 Å². The number of urea groups is 1. The Hall–Kier alpha value is -2.24. The Morgan fingerprint density at radius 1 is 1.42 bits per heavy atom. The van der Waals surface area contributed by atoms with Crippen LogP contribution in [0.25, 0.3) is 0 Å². The van der Waals surface area contributed by atoms with Crippen LogP contribution in [0.2, 0.25) is 0 Å². The molecule has 0 spiro atoms. The van der Waals surface area contributed by atoms with Crippen LogP contribution in [-0.4, -0.2) is 29.7 Å². The van der Waals surface area contributed by atoms with Gasteiger partial charge in [0.15, 0.2) is 0 Å². The van der Waals surface area contributed by atoms with Crippen molar-refractivity contribution in [1.82, 2.24) is 5.32 Å². The molecule has 0 atom stereocenters. The molecule has 0 aromatic heterocycles. The fourth-order valence-corrected chi connectivity index (χ4v) is 1.71. The molecule has 102 valence electrons. The number of para-hydroxylation sites is 1. The number of rotatable bonds is 5. The molecule has 1 aromatic carbocycles. The highest BCUT2D eigenvalue weighted by Crippen LogP contribution is 2.20. The third-order valence-corrected chi connectivity index (χ3v) is 2.94. The molecule has 0 bridgehead atoms. The van der Waals surface area contributed by atoms with Crippen molar-refractivity contribution < 1.29 is 10.0 Å². The van der Waals surface area contributed by atoms with E-state index in [4.69, 9.17) is 10.9 Å². The predicted molar refractivity (Wildman–Crippen MR) is 73.4 cm³/mol. The zero-order valence-corrected chi connectivity index (χ0v) is 10.6. The molecule has 0 saturated heterocycles. The summed E-state index contributed by atoms with van der Waals surface area (Å²) in [6.45, 7) is 0.373. The second kappa shape index (κ2) is 6.08. The van der Waals surface area contributed by atoms with Crippen molar-refractivity contribution in [3.05, 3.63) is 30.3 Å². The van der Waals surface area contributed by atoms with Crippen LogP contribution in [0, 0.1) is 0 Å².